The minimum atomic E-state index is -0.637. The summed E-state index contributed by atoms with van der Waals surface area (Å²) in [6.45, 7) is 1.87. The van der Waals surface area contributed by atoms with Gasteiger partial charge in [-0.05, 0) is 31.2 Å². The van der Waals surface area contributed by atoms with Crippen molar-refractivity contribution >= 4 is 27.5 Å². The van der Waals surface area contributed by atoms with Crippen molar-refractivity contribution in [2.24, 2.45) is 0 Å². The lowest BCUT2D eigenvalue weighted by molar-refractivity contribution is 0.190. The number of halogens is 3. The Morgan fingerprint density at radius 3 is 2.70 bits per heavy atom. The third kappa shape index (κ3) is 3.72. The van der Waals surface area contributed by atoms with Crippen LogP contribution in [0.1, 0.15) is 24.2 Å². The van der Waals surface area contributed by atoms with Gasteiger partial charge in [-0.25, -0.2) is 4.39 Å². The van der Waals surface area contributed by atoms with Crippen LogP contribution in [0.2, 0.25) is 5.02 Å². The van der Waals surface area contributed by atoms with Crippen molar-refractivity contribution in [1.82, 2.24) is 0 Å². The van der Waals surface area contributed by atoms with Gasteiger partial charge in [0.25, 0.3) is 0 Å². The Bertz CT molecular complexity index is 617. The zero-order chi connectivity index (χ0) is 14.7. The van der Waals surface area contributed by atoms with Gasteiger partial charge in [-0.1, -0.05) is 39.7 Å². The summed E-state index contributed by atoms with van der Waals surface area (Å²) in [6.07, 6.45) is -0.637. The van der Waals surface area contributed by atoms with Crippen molar-refractivity contribution in [3.63, 3.8) is 0 Å². The van der Waals surface area contributed by atoms with Gasteiger partial charge in [-0.15, -0.1) is 0 Å². The van der Waals surface area contributed by atoms with Crippen molar-refractivity contribution in [1.29, 1.82) is 0 Å². The molecule has 2 aromatic carbocycles. The Hall–Kier alpha value is -1.10. The molecule has 0 spiro atoms. The fraction of sp³-hybridized carbons (Fsp3) is 0.200. The molecule has 0 saturated heterocycles. The SMILES string of the molecule is C[C@H](O)c1ccc(Br)cc1OCc1ccc(F)cc1Cl. The van der Waals surface area contributed by atoms with Gasteiger partial charge in [-0.2, -0.15) is 0 Å². The highest BCUT2D eigenvalue weighted by Crippen LogP contribution is 2.30. The maximum Gasteiger partial charge on any atom is 0.126 e. The third-order valence-corrected chi connectivity index (χ3v) is 3.67. The molecule has 0 bridgehead atoms. The highest BCUT2D eigenvalue weighted by molar-refractivity contribution is 9.10. The van der Waals surface area contributed by atoms with Gasteiger partial charge in [0.2, 0.25) is 0 Å². The summed E-state index contributed by atoms with van der Waals surface area (Å²) in [5, 5.41) is 10.0. The van der Waals surface area contributed by atoms with E-state index in [9.17, 15) is 9.50 Å². The van der Waals surface area contributed by atoms with E-state index in [-0.39, 0.29) is 12.4 Å². The van der Waals surface area contributed by atoms with Crippen molar-refractivity contribution in [3.05, 3.63) is 62.8 Å². The molecule has 0 radical (unpaired) electrons. The number of aliphatic hydroxyl groups excluding tert-OH is 1. The summed E-state index contributed by atoms with van der Waals surface area (Å²) < 4.78 is 19.5. The van der Waals surface area contributed by atoms with Crippen LogP contribution in [0.3, 0.4) is 0 Å². The maximum atomic E-state index is 13.0. The second-order valence-electron chi connectivity index (χ2n) is 4.38. The fourth-order valence-electron chi connectivity index (χ4n) is 1.77. The molecule has 0 fully saturated rings. The van der Waals surface area contributed by atoms with Gasteiger partial charge in [0.1, 0.15) is 18.2 Å². The molecule has 0 aliphatic heterocycles. The first-order valence-corrected chi connectivity index (χ1v) is 7.18. The minimum absolute atomic E-state index is 0.204. The zero-order valence-corrected chi connectivity index (χ0v) is 13.1. The fourth-order valence-corrected chi connectivity index (χ4v) is 2.33. The van der Waals surface area contributed by atoms with Crippen molar-refractivity contribution < 1.29 is 14.2 Å². The van der Waals surface area contributed by atoms with Crippen LogP contribution in [0.5, 0.6) is 5.75 Å². The Kier molecular flexibility index (Phi) is 5.02. The first-order chi connectivity index (χ1) is 9.47. The molecule has 0 aliphatic rings. The quantitative estimate of drug-likeness (QED) is 0.843. The summed E-state index contributed by atoms with van der Waals surface area (Å²) in [5.41, 5.74) is 1.37. The zero-order valence-electron chi connectivity index (χ0n) is 10.7. The number of rotatable bonds is 4. The Morgan fingerprint density at radius 2 is 2.05 bits per heavy atom. The highest BCUT2D eigenvalue weighted by Gasteiger charge is 2.11. The molecule has 2 nitrogen and oxygen atoms in total. The van der Waals surface area contributed by atoms with Gasteiger partial charge >= 0.3 is 0 Å². The predicted molar refractivity (Wildman–Crippen MR) is 80.5 cm³/mol. The van der Waals surface area contributed by atoms with Gasteiger partial charge in [0.15, 0.2) is 0 Å². The van der Waals surface area contributed by atoms with E-state index in [1.807, 2.05) is 6.07 Å². The number of hydrogen-bond acceptors (Lipinski definition) is 2. The molecule has 2 rings (SSSR count). The Morgan fingerprint density at radius 1 is 1.30 bits per heavy atom. The number of benzene rings is 2. The van der Waals surface area contributed by atoms with E-state index in [1.54, 1.807) is 25.1 Å². The average molecular weight is 360 g/mol. The molecule has 0 aliphatic carbocycles. The summed E-state index contributed by atoms with van der Waals surface area (Å²) >= 11 is 9.31. The molecule has 0 aromatic heterocycles. The standard InChI is InChI=1S/C15H13BrClFO2/c1-9(19)13-5-3-11(16)6-15(13)20-8-10-2-4-12(18)7-14(10)17/h2-7,9,19H,8H2,1H3/t9-/m0/s1. The molecular formula is C15H13BrClFO2. The molecule has 0 heterocycles. The summed E-state index contributed by atoms with van der Waals surface area (Å²) in [6, 6.07) is 9.56. The smallest absolute Gasteiger partial charge is 0.126 e. The number of hydrogen-bond donors (Lipinski definition) is 1. The lowest BCUT2D eigenvalue weighted by Gasteiger charge is -2.14. The molecule has 2 aromatic rings. The van der Waals surface area contributed by atoms with Gasteiger partial charge in [-0.3, -0.25) is 0 Å². The van der Waals surface area contributed by atoms with Gasteiger partial charge in [0, 0.05) is 15.6 Å². The maximum absolute atomic E-state index is 13.0. The Balaban J connectivity index is 2.20. The average Bonchev–Trinajstić information content (AvgIpc) is 2.37. The first kappa shape index (κ1) is 15.3. The van der Waals surface area contributed by atoms with Crippen LogP contribution in [0.4, 0.5) is 4.39 Å². The van der Waals surface area contributed by atoms with Crippen LogP contribution in [-0.4, -0.2) is 5.11 Å². The van der Waals surface area contributed by atoms with Crippen LogP contribution in [0.15, 0.2) is 40.9 Å². The Labute approximate surface area is 130 Å². The molecule has 20 heavy (non-hydrogen) atoms. The highest BCUT2D eigenvalue weighted by atomic mass is 79.9. The third-order valence-electron chi connectivity index (χ3n) is 2.82. The molecule has 0 unspecified atom stereocenters. The van der Waals surface area contributed by atoms with Gasteiger partial charge in [0.05, 0.1) is 11.1 Å². The van der Waals surface area contributed by atoms with Crippen molar-refractivity contribution in [2.75, 3.05) is 0 Å². The molecule has 1 N–H and O–H groups in total. The van der Waals surface area contributed by atoms with Crippen LogP contribution in [0.25, 0.3) is 0 Å². The predicted octanol–water partition coefficient (Wildman–Crippen LogP) is 4.87. The molecule has 5 heteroatoms. The monoisotopic (exact) mass is 358 g/mol. The van der Waals surface area contributed by atoms with E-state index >= 15 is 0 Å². The van der Waals surface area contributed by atoms with Gasteiger partial charge < -0.3 is 9.84 Å². The lowest BCUT2D eigenvalue weighted by atomic mass is 10.1. The molecule has 106 valence electrons. The van der Waals surface area contributed by atoms with E-state index in [2.05, 4.69) is 15.9 Å². The van der Waals surface area contributed by atoms with Crippen molar-refractivity contribution in [2.45, 2.75) is 19.6 Å². The van der Waals surface area contributed by atoms with E-state index in [4.69, 9.17) is 16.3 Å². The molecule has 1 atom stereocenters. The number of ether oxygens (including phenoxy) is 1. The second kappa shape index (κ2) is 6.57. The summed E-state index contributed by atoms with van der Waals surface area (Å²) in [4.78, 5) is 0. The van der Waals surface area contributed by atoms with E-state index in [1.165, 1.54) is 12.1 Å². The minimum Gasteiger partial charge on any atom is -0.488 e. The van der Waals surface area contributed by atoms with E-state index in [0.29, 0.717) is 21.9 Å². The first-order valence-electron chi connectivity index (χ1n) is 6.01. The lowest BCUT2D eigenvalue weighted by Crippen LogP contribution is -2.01. The largest absolute Gasteiger partial charge is 0.488 e. The topological polar surface area (TPSA) is 29.5 Å². The normalized spacial score (nSPS) is 12.2. The van der Waals surface area contributed by atoms with E-state index in [0.717, 1.165) is 4.47 Å². The van der Waals surface area contributed by atoms with Crippen LogP contribution >= 0.6 is 27.5 Å². The molecular weight excluding hydrogens is 347 g/mol. The number of aliphatic hydroxyl groups is 1. The summed E-state index contributed by atoms with van der Waals surface area (Å²) in [5.74, 6) is 0.181. The molecule has 0 amide bonds. The molecule has 0 saturated carbocycles. The van der Waals surface area contributed by atoms with E-state index < -0.39 is 6.10 Å². The van der Waals surface area contributed by atoms with Crippen LogP contribution < -0.4 is 4.74 Å². The van der Waals surface area contributed by atoms with Crippen LogP contribution in [-0.2, 0) is 6.61 Å². The second-order valence-corrected chi connectivity index (χ2v) is 5.71. The van der Waals surface area contributed by atoms with Crippen molar-refractivity contribution in [3.8, 4) is 5.75 Å². The van der Waals surface area contributed by atoms with Crippen LogP contribution in [0, 0.1) is 5.82 Å². The summed E-state index contributed by atoms with van der Waals surface area (Å²) in [7, 11) is 0.